The van der Waals surface area contributed by atoms with E-state index in [9.17, 15) is 27.0 Å². The standard InChI is InChI=1S/C31H36O14S2/c1-38-22-11-20-13-30(32,16-44-46(4,34)35)31(33,17-45-47(5,36)37)14-21-12-23-27(43-18-42-23)29(40-3)25(21)24(20)28(39-2)26(22)41-15-19-9-7-6-8-10-19/h6-12,32-33H,13-18H2,1-5H3/t30-,31+/m1/s1. The molecule has 0 saturated carbocycles. The topological polar surface area (TPSA) is 183 Å². The minimum atomic E-state index is -4.15. The third kappa shape index (κ3) is 7.07. The number of benzene rings is 3. The number of methoxy groups -OCH3 is 3. The molecule has 0 amide bonds. The third-order valence-corrected chi connectivity index (χ3v) is 9.04. The maximum atomic E-state index is 12.3. The first-order chi connectivity index (χ1) is 22.1. The molecule has 1 aliphatic heterocycles. The second-order valence-electron chi connectivity index (χ2n) is 11.3. The van der Waals surface area contributed by atoms with Crippen molar-refractivity contribution >= 4 is 20.2 Å². The van der Waals surface area contributed by atoms with Gasteiger partial charge in [0.1, 0.15) is 17.8 Å². The molecule has 5 rings (SSSR count). The molecule has 0 unspecified atom stereocenters. The Morgan fingerprint density at radius 2 is 1.30 bits per heavy atom. The summed E-state index contributed by atoms with van der Waals surface area (Å²) in [5.41, 5.74) is -2.88. The van der Waals surface area contributed by atoms with Crippen molar-refractivity contribution < 1.29 is 63.8 Å². The van der Waals surface area contributed by atoms with Crippen LogP contribution in [0.15, 0.2) is 42.5 Å². The second-order valence-corrected chi connectivity index (χ2v) is 14.6. The predicted molar refractivity (Wildman–Crippen MR) is 167 cm³/mol. The van der Waals surface area contributed by atoms with Crippen LogP contribution < -0.4 is 28.4 Å². The van der Waals surface area contributed by atoms with Gasteiger partial charge in [0.15, 0.2) is 23.0 Å². The van der Waals surface area contributed by atoms with E-state index in [1.165, 1.54) is 21.3 Å². The van der Waals surface area contributed by atoms with Crippen LogP contribution in [0.25, 0.3) is 11.1 Å². The fourth-order valence-corrected chi connectivity index (χ4v) is 6.52. The molecule has 256 valence electrons. The van der Waals surface area contributed by atoms with Gasteiger partial charge in [-0.05, 0) is 28.8 Å². The normalized spacial score (nSPS) is 20.4. The Labute approximate surface area is 272 Å². The lowest BCUT2D eigenvalue weighted by Gasteiger charge is -2.45. The summed E-state index contributed by atoms with van der Waals surface area (Å²) in [6.07, 6.45) is 0.554. The van der Waals surface area contributed by atoms with Gasteiger partial charge in [-0.15, -0.1) is 0 Å². The smallest absolute Gasteiger partial charge is 0.264 e. The van der Waals surface area contributed by atoms with Crippen molar-refractivity contribution in [2.24, 2.45) is 0 Å². The molecule has 2 atom stereocenters. The van der Waals surface area contributed by atoms with Crippen LogP contribution in [0.4, 0.5) is 0 Å². The van der Waals surface area contributed by atoms with Gasteiger partial charge in [-0.1, -0.05) is 30.3 Å². The monoisotopic (exact) mass is 696 g/mol. The third-order valence-electron chi connectivity index (χ3n) is 7.94. The van der Waals surface area contributed by atoms with E-state index in [1.54, 1.807) is 12.1 Å². The molecule has 0 saturated heterocycles. The predicted octanol–water partition coefficient (Wildman–Crippen LogP) is 2.20. The molecule has 47 heavy (non-hydrogen) atoms. The van der Waals surface area contributed by atoms with Crippen molar-refractivity contribution in [3.63, 3.8) is 0 Å². The average molecular weight is 697 g/mol. The number of rotatable bonds is 12. The molecule has 16 heteroatoms. The van der Waals surface area contributed by atoms with Gasteiger partial charge in [0.25, 0.3) is 20.2 Å². The van der Waals surface area contributed by atoms with Crippen molar-refractivity contribution in [2.75, 3.05) is 53.8 Å². The number of aliphatic hydroxyl groups is 2. The molecular weight excluding hydrogens is 660 g/mol. The van der Waals surface area contributed by atoms with Gasteiger partial charge >= 0.3 is 0 Å². The van der Waals surface area contributed by atoms with Crippen LogP contribution in [0.5, 0.6) is 34.5 Å². The van der Waals surface area contributed by atoms with Gasteiger partial charge in [0, 0.05) is 24.0 Å². The van der Waals surface area contributed by atoms with Gasteiger partial charge in [-0.3, -0.25) is 8.37 Å². The summed E-state index contributed by atoms with van der Waals surface area (Å²) in [6.45, 7) is -1.94. The zero-order valence-electron chi connectivity index (χ0n) is 26.4. The zero-order chi connectivity index (χ0) is 34.2. The van der Waals surface area contributed by atoms with Gasteiger partial charge in [0.2, 0.25) is 18.3 Å². The highest BCUT2D eigenvalue weighted by atomic mass is 32.2. The van der Waals surface area contributed by atoms with E-state index in [4.69, 9.17) is 36.8 Å². The zero-order valence-corrected chi connectivity index (χ0v) is 28.0. The first-order valence-electron chi connectivity index (χ1n) is 14.2. The summed E-state index contributed by atoms with van der Waals surface area (Å²) in [5, 5.41) is 24.5. The summed E-state index contributed by atoms with van der Waals surface area (Å²) >= 11 is 0. The average Bonchev–Trinajstić information content (AvgIpc) is 3.48. The Morgan fingerprint density at radius 1 is 0.745 bits per heavy atom. The minimum Gasteiger partial charge on any atom is -0.493 e. The van der Waals surface area contributed by atoms with Gasteiger partial charge in [-0.25, -0.2) is 0 Å². The molecule has 1 heterocycles. The number of hydrogen-bond donors (Lipinski definition) is 2. The first kappa shape index (κ1) is 34.5. The van der Waals surface area contributed by atoms with Crippen LogP contribution in [0, 0.1) is 0 Å². The molecule has 2 aliphatic rings. The summed E-state index contributed by atoms with van der Waals surface area (Å²) in [4.78, 5) is 0. The molecule has 0 aromatic heterocycles. The molecule has 2 N–H and O–H groups in total. The quantitative estimate of drug-likeness (QED) is 0.263. The van der Waals surface area contributed by atoms with Crippen LogP contribution in [-0.4, -0.2) is 92.1 Å². The minimum absolute atomic E-state index is 0.131. The molecular formula is C31H36O14S2. The van der Waals surface area contributed by atoms with Crippen molar-refractivity contribution in [1.29, 1.82) is 0 Å². The van der Waals surface area contributed by atoms with E-state index in [0.29, 0.717) is 11.1 Å². The highest BCUT2D eigenvalue weighted by molar-refractivity contribution is 7.86. The van der Waals surface area contributed by atoms with E-state index in [-0.39, 0.29) is 59.0 Å². The molecule has 0 bridgehead atoms. The summed E-state index contributed by atoms with van der Waals surface area (Å²) in [6, 6.07) is 12.5. The van der Waals surface area contributed by atoms with E-state index in [0.717, 1.165) is 18.1 Å². The van der Waals surface area contributed by atoms with Crippen LogP contribution in [0.2, 0.25) is 0 Å². The Hall–Kier alpha value is -3.80. The van der Waals surface area contributed by atoms with E-state index >= 15 is 0 Å². The van der Waals surface area contributed by atoms with Crippen LogP contribution in [0.1, 0.15) is 16.7 Å². The van der Waals surface area contributed by atoms with Crippen molar-refractivity contribution in [3.05, 3.63) is 59.2 Å². The van der Waals surface area contributed by atoms with Gasteiger partial charge < -0.3 is 38.6 Å². The van der Waals surface area contributed by atoms with Crippen molar-refractivity contribution in [1.82, 2.24) is 0 Å². The second kappa shape index (κ2) is 13.0. The molecule has 3 aromatic carbocycles. The lowest BCUT2D eigenvalue weighted by molar-refractivity contribution is -0.180. The first-order valence-corrected chi connectivity index (χ1v) is 17.8. The van der Waals surface area contributed by atoms with Gasteiger partial charge in [0.05, 0.1) is 47.1 Å². The number of ether oxygens (including phenoxy) is 6. The Bertz CT molecular complexity index is 1860. The Balaban J connectivity index is 1.82. The molecule has 0 fully saturated rings. The largest absolute Gasteiger partial charge is 0.493 e. The van der Waals surface area contributed by atoms with E-state index in [2.05, 4.69) is 0 Å². The van der Waals surface area contributed by atoms with E-state index < -0.39 is 57.5 Å². The fraction of sp³-hybridized carbons (Fsp3) is 0.419. The fourth-order valence-electron chi connectivity index (χ4n) is 5.70. The number of fused-ring (bicyclic) bond motifs is 4. The lowest BCUT2D eigenvalue weighted by Crippen LogP contribution is -2.63. The molecule has 0 spiro atoms. The van der Waals surface area contributed by atoms with E-state index in [1.807, 2.05) is 30.3 Å². The summed E-state index contributed by atoms with van der Waals surface area (Å²) in [7, 11) is -4.07. The maximum absolute atomic E-state index is 12.3. The summed E-state index contributed by atoms with van der Waals surface area (Å²) < 4.78 is 93.8. The SMILES string of the molecule is COc1cc2c(c(OC)c1OCc1ccccc1)-c1c(cc3c(c1OC)OCO3)C[C@](O)(COS(C)(=O)=O)[C@](O)(COS(C)(=O)=O)C2. The molecule has 14 nitrogen and oxygen atoms in total. The van der Waals surface area contributed by atoms with Gasteiger partial charge in [-0.2, -0.15) is 16.8 Å². The number of hydrogen-bond acceptors (Lipinski definition) is 14. The molecule has 0 radical (unpaired) electrons. The van der Waals surface area contributed by atoms with Crippen LogP contribution in [-0.2, 0) is 48.1 Å². The van der Waals surface area contributed by atoms with Crippen LogP contribution >= 0.6 is 0 Å². The lowest BCUT2D eigenvalue weighted by atomic mass is 9.71. The van der Waals surface area contributed by atoms with Crippen molar-refractivity contribution in [2.45, 2.75) is 30.7 Å². The Kier molecular flexibility index (Phi) is 9.56. The highest BCUT2D eigenvalue weighted by Gasteiger charge is 2.54. The molecule has 1 aliphatic carbocycles. The molecule has 3 aromatic rings. The Morgan fingerprint density at radius 3 is 1.83 bits per heavy atom. The summed E-state index contributed by atoms with van der Waals surface area (Å²) in [5.74, 6) is 1.25. The van der Waals surface area contributed by atoms with Crippen molar-refractivity contribution in [3.8, 4) is 45.6 Å². The highest BCUT2D eigenvalue weighted by Crippen LogP contribution is 2.57. The van der Waals surface area contributed by atoms with Crippen LogP contribution in [0.3, 0.4) is 0 Å². The maximum Gasteiger partial charge on any atom is 0.264 e.